The molecule has 0 aliphatic rings. The number of amides is 4. The zero-order chi connectivity index (χ0) is 43.3. The van der Waals surface area contributed by atoms with Gasteiger partial charge in [0.05, 0.1) is 36.7 Å². The molecule has 0 aliphatic heterocycles. The van der Waals surface area contributed by atoms with E-state index in [2.05, 4.69) is 10.6 Å². The number of alkyl carbamates (subject to hydrolysis) is 2. The average Bonchev–Trinajstić information content (AvgIpc) is 3.51. The van der Waals surface area contributed by atoms with Crippen LogP contribution in [-0.4, -0.2) is 72.9 Å². The zero-order valence-electron chi connectivity index (χ0n) is 35.0. The summed E-state index contributed by atoms with van der Waals surface area (Å²) in [5.41, 5.74) is -2.36. The molecule has 3 rings (SSSR count). The Labute approximate surface area is 332 Å². The predicted octanol–water partition coefficient (Wildman–Crippen LogP) is 9.03. The first-order chi connectivity index (χ1) is 26.1. The van der Waals surface area contributed by atoms with Gasteiger partial charge in [0.1, 0.15) is 45.4 Å². The monoisotopic (exact) mass is 794 g/mol. The maximum absolute atomic E-state index is 13.4. The Morgan fingerprint density at radius 3 is 1.12 bits per heavy atom. The second-order valence-corrected chi connectivity index (χ2v) is 16.5. The average molecular weight is 795 g/mol. The number of hydrogen-bond donors (Lipinski definition) is 4. The van der Waals surface area contributed by atoms with Gasteiger partial charge in [-0.1, -0.05) is 0 Å². The molecule has 0 radical (unpaired) electrons. The van der Waals surface area contributed by atoms with Crippen molar-refractivity contribution in [2.45, 2.75) is 105 Å². The van der Waals surface area contributed by atoms with E-state index in [0.29, 0.717) is 22.6 Å². The summed E-state index contributed by atoms with van der Waals surface area (Å²) < 4.78 is 39.2. The maximum atomic E-state index is 13.4. The topological polar surface area (TPSA) is 215 Å². The van der Waals surface area contributed by atoms with E-state index in [1.54, 1.807) is 107 Å². The van der Waals surface area contributed by atoms with Crippen LogP contribution < -0.4 is 29.9 Å². The van der Waals surface area contributed by atoms with Gasteiger partial charge in [0.2, 0.25) is 11.9 Å². The second kappa shape index (κ2) is 17.3. The van der Waals surface area contributed by atoms with Gasteiger partial charge in [0.15, 0.2) is 0 Å². The summed E-state index contributed by atoms with van der Waals surface area (Å²) in [6.07, 6.45) is -3.75. The molecular weight excluding hydrogens is 740 g/mol. The SMILES string of the molecule is COc1cc(N(C(=N)NC(=O)OC(C)(C)C)C(=O)OC(C)(C)C)ccc1-c1ccc(-c2ccc(N(C(=N)NC(=O)OC(C)(C)C)C(=O)OC(C)(C)C)cc2OC)o1. The molecule has 3 aromatic rings. The Bertz CT molecular complexity index is 1860. The standard InChI is InChI=1S/C40H54N6O11/c1-37(2,3)54-33(47)43-31(41)45(35(49)56-39(7,8)9)23-15-17-25(29(21-23)51-13)27-19-20-28(53-27)26-18-16-24(22-30(26)52-14)46(36(50)57-40(10,11)12)32(42)44-34(48)55-38(4,5)6/h15-22H,1-14H3,(H2,41,43,47)(H2,42,44,48). The molecule has 0 spiro atoms. The van der Waals surface area contributed by atoms with Crippen molar-refractivity contribution in [2.75, 3.05) is 24.0 Å². The smallest absolute Gasteiger partial charge is 0.421 e. The van der Waals surface area contributed by atoms with E-state index in [1.807, 2.05) is 0 Å². The van der Waals surface area contributed by atoms with Gasteiger partial charge >= 0.3 is 24.4 Å². The lowest BCUT2D eigenvalue weighted by atomic mass is 10.1. The van der Waals surface area contributed by atoms with Gasteiger partial charge in [-0.25, -0.2) is 29.0 Å². The number of nitrogens with zero attached hydrogens (tertiary/aromatic N) is 2. The summed E-state index contributed by atoms with van der Waals surface area (Å²) in [4.78, 5) is 53.5. The summed E-state index contributed by atoms with van der Waals surface area (Å²) in [5.74, 6) is -0.0417. The van der Waals surface area contributed by atoms with Crippen LogP contribution in [-0.2, 0) is 18.9 Å². The van der Waals surface area contributed by atoms with E-state index in [-0.39, 0.29) is 22.9 Å². The molecule has 0 unspecified atom stereocenters. The highest BCUT2D eigenvalue weighted by molar-refractivity contribution is 6.17. The summed E-state index contributed by atoms with van der Waals surface area (Å²) in [5, 5.41) is 21.8. The van der Waals surface area contributed by atoms with Gasteiger partial charge in [-0.15, -0.1) is 0 Å². The lowest BCUT2D eigenvalue weighted by Crippen LogP contribution is -2.49. The van der Waals surface area contributed by atoms with Crippen molar-refractivity contribution in [2.24, 2.45) is 0 Å². The number of anilines is 2. The van der Waals surface area contributed by atoms with Crippen molar-refractivity contribution >= 4 is 47.7 Å². The van der Waals surface area contributed by atoms with Crippen molar-refractivity contribution in [3.63, 3.8) is 0 Å². The summed E-state index contributed by atoms with van der Waals surface area (Å²) in [6, 6.07) is 12.6. The molecule has 1 heterocycles. The Morgan fingerprint density at radius 1 is 0.526 bits per heavy atom. The fraction of sp³-hybridized carbons (Fsp3) is 0.450. The number of furan rings is 1. The first-order valence-electron chi connectivity index (χ1n) is 17.8. The first kappa shape index (κ1) is 45.1. The number of ether oxygens (including phenoxy) is 6. The van der Waals surface area contributed by atoms with E-state index < -0.39 is 58.7 Å². The molecule has 310 valence electrons. The Morgan fingerprint density at radius 2 is 0.842 bits per heavy atom. The molecule has 4 N–H and O–H groups in total. The molecule has 17 nitrogen and oxygen atoms in total. The van der Waals surface area contributed by atoms with Crippen LogP contribution in [0.3, 0.4) is 0 Å². The van der Waals surface area contributed by atoms with E-state index in [9.17, 15) is 19.2 Å². The molecule has 0 fully saturated rings. The molecule has 4 amide bonds. The van der Waals surface area contributed by atoms with E-state index in [0.717, 1.165) is 9.80 Å². The predicted molar refractivity (Wildman–Crippen MR) is 214 cm³/mol. The number of benzene rings is 2. The highest BCUT2D eigenvalue weighted by Crippen LogP contribution is 2.40. The quantitative estimate of drug-likeness (QED) is 0.105. The van der Waals surface area contributed by atoms with Gasteiger partial charge in [0.25, 0.3) is 0 Å². The molecule has 57 heavy (non-hydrogen) atoms. The van der Waals surface area contributed by atoms with Gasteiger partial charge in [0, 0.05) is 12.1 Å². The Balaban J connectivity index is 2.02. The number of carbonyl (C=O) groups excluding carboxylic acids is 4. The van der Waals surface area contributed by atoms with E-state index >= 15 is 0 Å². The van der Waals surface area contributed by atoms with Crippen LogP contribution >= 0.6 is 0 Å². The van der Waals surface area contributed by atoms with Crippen LogP contribution in [0.5, 0.6) is 11.5 Å². The van der Waals surface area contributed by atoms with Crippen LogP contribution in [0.1, 0.15) is 83.1 Å². The highest BCUT2D eigenvalue weighted by atomic mass is 16.6. The van der Waals surface area contributed by atoms with Crippen LogP contribution in [0.25, 0.3) is 22.6 Å². The Kier molecular flexibility index (Phi) is 13.7. The lowest BCUT2D eigenvalue weighted by molar-refractivity contribution is 0.0539. The minimum Gasteiger partial charge on any atom is -0.496 e. The summed E-state index contributed by atoms with van der Waals surface area (Å²) in [6.45, 7) is 20.0. The number of guanidine groups is 2. The molecule has 1 aromatic heterocycles. The van der Waals surface area contributed by atoms with Crippen molar-refractivity contribution in [1.29, 1.82) is 10.8 Å². The summed E-state index contributed by atoms with van der Waals surface area (Å²) >= 11 is 0. The minimum atomic E-state index is -0.940. The molecule has 0 saturated heterocycles. The van der Waals surface area contributed by atoms with Crippen LogP contribution in [0.2, 0.25) is 0 Å². The van der Waals surface area contributed by atoms with Gasteiger partial charge in [-0.3, -0.25) is 21.5 Å². The molecule has 17 heteroatoms. The molecule has 0 atom stereocenters. The van der Waals surface area contributed by atoms with Crippen LogP contribution in [0.4, 0.5) is 30.6 Å². The first-order valence-corrected chi connectivity index (χ1v) is 17.8. The van der Waals surface area contributed by atoms with Crippen LogP contribution in [0, 0.1) is 10.8 Å². The molecule has 0 aliphatic carbocycles. The van der Waals surface area contributed by atoms with Crippen molar-refractivity contribution in [3.8, 4) is 34.1 Å². The third-order valence-electron chi connectivity index (χ3n) is 6.86. The number of hydrogen-bond acceptors (Lipinski definition) is 13. The van der Waals surface area contributed by atoms with Gasteiger partial charge < -0.3 is 32.8 Å². The lowest BCUT2D eigenvalue weighted by Gasteiger charge is -2.28. The number of methoxy groups -OCH3 is 2. The highest BCUT2D eigenvalue weighted by Gasteiger charge is 2.32. The van der Waals surface area contributed by atoms with Crippen LogP contribution in [0.15, 0.2) is 52.9 Å². The number of carbonyl (C=O) groups is 4. The molecular formula is C40H54N6O11. The molecule has 2 aromatic carbocycles. The summed E-state index contributed by atoms with van der Waals surface area (Å²) in [7, 11) is 2.84. The number of rotatable bonds is 6. The Hall–Kier alpha value is -6.26. The second-order valence-electron chi connectivity index (χ2n) is 16.5. The fourth-order valence-electron chi connectivity index (χ4n) is 4.85. The number of nitrogens with one attached hydrogen (secondary N) is 4. The normalized spacial score (nSPS) is 11.8. The van der Waals surface area contributed by atoms with E-state index in [1.165, 1.54) is 38.5 Å². The largest absolute Gasteiger partial charge is 0.496 e. The van der Waals surface area contributed by atoms with E-state index in [4.69, 9.17) is 43.7 Å². The van der Waals surface area contributed by atoms with Gasteiger partial charge in [-0.05, 0) is 119 Å². The zero-order valence-corrected chi connectivity index (χ0v) is 35.0. The van der Waals surface area contributed by atoms with Crippen molar-refractivity contribution in [1.82, 2.24) is 10.6 Å². The molecule has 0 bridgehead atoms. The van der Waals surface area contributed by atoms with Crippen molar-refractivity contribution < 1.29 is 52.0 Å². The fourth-order valence-corrected chi connectivity index (χ4v) is 4.85. The maximum Gasteiger partial charge on any atom is 0.421 e. The van der Waals surface area contributed by atoms with Gasteiger partial charge in [-0.2, -0.15) is 0 Å². The van der Waals surface area contributed by atoms with Crippen molar-refractivity contribution in [3.05, 3.63) is 48.5 Å². The third-order valence-corrected chi connectivity index (χ3v) is 6.86. The third kappa shape index (κ3) is 13.2. The minimum absolute atomic E-state index is 0.135. The molecule has 0 saturated carbocycles.